The first-order valence-electron chi connectivity index (χ1n) is 5.15. The molecule has 3 saturated heterocycles. The summed E-state index contributed by atoms with van der Waals surface area (Å²) in [5, 5.41) is 1.90. The molecule has 0 radical (unpaired) electrons. The highest BCUT2D eigenvalue weighted by Crippen LogP contribution is 2.63. The fourth-order valence-corrected chi connectivity index (χ4v) is 12.2. The molecule has 0 saturated carbocycles. The van der Waals surface area contributed by atoms with Crippen molar-refractivity contribution in [1.29, 1.82) is 0 Å². The summed E-state index contributed by atoms with van der Waals surface area (Å²) in [6, 6.07) is 0. The third kappa shape index (κ3) is 2.92. The molecule has 0 aromatic rings. The largest absolute Gasteiger partial charge is 0.160 e. The van der Waals surface area contributed by atoms with Crippen molar-refractivity contribution in [2.24, 2.45) is 0 Å². The molecule has 3 aliphatic heterocycles. The highest BCUT2D eigenvalue weighted by atomic mass is 32.3. The molecule has 0 unspecified atom stereocenters. The Morgan fingerprint density at radius 2 is 1.27 bits per heavy atom. The van der Waals surface area contributed by atoms with Crippen LogP contribution in [0.25, 0.3) is 0 Å². The molecule has 3 rings (SSSR count). The molecule has 0 bridgehead atoms. The van der Waals surface area contributed by atoms with Gasteiger partial charge in [-0.3, -0.25) is 0 Å². The van der Waals surface area contributed by atoms with Crippen molar-refractivity contribution < 1.29 is 0 Å². The van der Waals surface area contributed by atoms with Crippen molar-refractivity contribution in [2.45, 2.75) is 13.2 Å². The minimum absolute atomic E-state index is 0.483. The van der Waals surface area contributed by atoms with Crippen LogP contribution >= 0.6 is 70.6 Å². The molecular formula is C9H14S6. The zero-order valence-corrected chi connectivity index (χ0v) is 13.2. The minimum atomic E-state index is 0.483. The Hall–Kier alpha value is 2.10. The van der Waals surface area contributed by atoms with Crippen LogP contribution < -0.4 is 0 Å². The molecule has 86 valence electrons. The summed E-state index contributed by atoms with van der Waals surface area (Å²) in [6.07, 6.45) is 0. The van der Waals surface area contributed by atoms with E-state index < -0.39 is 0 Å². The van der Waals surface area contributed by atoms with E-state index >= 15 is 0 Å². The minimum Gasteiger partial charge on any atom is -0.160 e. The van der Waals surface area contributed by atoms with Gasteiger partial charge in [-0.1, -0.05) is 0 Å². The molecule has 0 atom stereocenters. The van der Waals surface area contributed by atoms with Gasteiger partial charge in [-0.05, 0) is 0 Å². The monoisotopic (exact) mass is 314 g/mol. The quantitative estimate of drug-likeness (QED) is 0.719. The second-order valence-corrected chi connectivity index (χ2v) is 13.1. The van der Waals surface area contributed by atoms with E-state index in [1.165, 1.54) is 34.5 Å². The normalized spacial score (nSPS) is 31.2. The standard InChI is InChI=1S/C9H14S6/c1-2-13-9(12-1,14-7-3-10-4-7)15-8-5-11-6-8/h7-8H,1-6H2. The average molecular weight is 315 g/mol. The van der Waals surface area contributed by atoms with Gasteiger partial charge in [-0.15, -0.1) is 47.0 Å². The van der Waals surface area contributed by atoms with Crippen LogP contribution in [0.3, 0.4) is 0 Å². The van der Waals surface area contributed by atoms with Gasteiger partial charge in [0.1, 0.15) is 0 Å². The van der Waals surface area contributed by atoms with Gasteiger partial charge < -0.3 is 0 Å². The van der Waals surface area contributed by atoms with Crippen LogP contribution in [0.5, 0.6) is 0 Å². The van der Waals surface area contributed by atoms with Gasteiger partial charge in [-0.2, -0.15) is 23.5 Å². The molecule has 0 N–H and O–H groups in total. The number of rotatable bonds is 4. The lowest BCUT2D eigenvalue weighted by atomic mass is 10.5. The van der Waals surface area contributed by atoms with Gasteiger partial charge in [0.15, 0.2) is 2.74 Å². The lowest BCUT2D eigenvalue weighted by Crippen LogP contribution is -2.30. The lowest BCUT2D eigenvalue weighted by molar-refractivity contribution is 1.07. The van der Waals surface area contributed by atoms with E-state index in [1.54, 1.807) is 0 Å². The average Bonchev–Trinajstić information content (AvgIpc) is 2.55. The van der Waals surface area contributed by atoms with E-state index in [-0.39, 0.29) is 0 Å². The van der Waals surface area contributed by atoms with E-state index in [0.29, 0.717) is 2.74 Å². The predicted octanol–water partition coefficient (Wildman–Crippen LogP) is 3.77. The first-order chi connectivity index (χ1) is 7.36. The van der Waals surface area contributed by atoms with Gasteiger partial charge in [0.25, 0.3) is 0 Å². The molecule has 0 aromatic carbocycles. The Bertz CT molecular complexity index is 201. The molecular weight excluding hydrogens is 301 g/mol. The Morgan fingerprint density at radius 3 is 1.60 bits per heavy atom. The van der Waals surface area contributed by atoms with Gasteiger partial charge >= 0.3 is 0 Å². The topological polar surface area (TPSA) is 0 Å². The number of hydrogen-bond acceptors (Lipinski definition) is 6. The van der Waals surface area contributed by atoms with Gasteiger partial charge in [0, 0.05) is 45.0 Å². The smallest absolute Gasteiger partial charge is 0.154 e. The Morgan fingerprint density at radius 1 is 0.800 bits per heavy atom. The van der Waals surface area contributed by atoms with Crippen molar-refractivity contribution in [3.05, 3.63) is 0 Å². The Balaban J connectivity index is 1.58. The maximum Gasteiger partial charge on any atom is 0.154 e. The zero-order valence-electron chi connectivity index (χ0n) is 8.35. The van der Waals surface area contributed by atoms with Gasteiger partial charge in [0.2, 0.25) is 0 Å². The second-order valence-electron chi connectivity index (χ2n) is 3.75. The van der Waals surface area contributed by atoms with Crippen molar-refractivity contribution >= 4 is 70.6 Å². The van der Waals surface area contributed by atoms with Crippen molar-refractivity contribution in [2.75, 3.05) is 34.5 Å². The van der Waals surface area contributed by atoms with Crippen LogP contribution in [-0.4, -0.2) is 47.8 Å². The van der Waals surface area contributed by atoms with Crippen LogP contribution in [0.2, 0.25) is 0 Å². The van der Waals surface area contributed by atoms with E-state index in [1.807, 2.05) is 0 Å². The number of thioether (sulfide) groups is 6. The summed E-state index contributed by atoms with van der Waals surface area (Å²) in [4.78, 5) is 0. The van der Waals surface area contributed by atoms with Crippen LogP contribution in [0, 0.1) is 0 Å². The third-order valence-electron chi connectivity index (χ3n) is 2.48. The zero-order chi connectivity index (χ0) is 10.1. The van der Waals surface area contributed by atoms with Gasteiger partial charge in [-0.25, -0.2) is 0 Å². The van der Waals surface area contributed by atoms with Crippen molar-refractivity contribution in [3.8, 4) is 0 Å². The fraction of sp³-hybridized carbons (Fsp3) is 1.00. The summed E-state index contributed by atoms with van der Waals surface area (Å²) >= 11 is 13.2. The predicted molar refractivity (Wildman–Crippen MR) is 85.1 cm³/mol. The molecule has 3 aliphatic rings. The summed E-state index contributed by atoms with van der Waals surface area (Å²) in [6.45, 7) is 0. The highest BCUT2D eigenvalue weighted by Gasteiger charge is 2.43. The maximum absolute atomic E-state index is 2.28. The molecule has 15 heavy (non-hydrogen) atoms. The van der Waals surface area contributed by atoms with Crippen LogP contribution in [0.15, 0.2) is 0 Å². The summed E-state index contributed by atoms with van der Waals surface area (Å²) in [7, 11) is 0. The Kier molecular flexibility index (Phi) is 4.37. The van der Waals surface area contributed by atoms with E-state index in [4.69, 9.17) is 0 Å². The molecule has 0 nitrogen and oxygen atoms in total. The number of hydrogen-bond donors (Lipinski definition) is 0. The summed E-state index contributed by atoms with van der Waals surface area (Å²) in [5.74, 6) is 8.32. The van der Waals surface area contributed by atoms with Crippen molar-refractivity contribution in [1.82, 2.24) is 0 Å². The molecule has 3 fully saturated rings. The molecule has 3 heterocycles. The van der Waals surface area contributed by atoms with Gasteiger partial charge in [0.05, 0.1) is 0 Å². The maximum atomic E-state index is 2.28. The summed E-state index contributed by atoms with van der Waals surface area (Å²) in [5.41, 5.74) is 0. The molecule has 6 heteroatoms. The second kappa shape index (κ2) is 5.39. The fourth-order valence-electron chi connectivity index (χ4n) is 1.51. The highest BCUT2D eigenvalue weighted by molar-refractivity contribution is 8.49. The summed E-state index contributed by atoms with van der Waals surface area (Å²) < 4.78 is 0.483. The van der Waals surface area contributed by atoms with E-state index in [2.05, 4.69) is 70.6 Å². The Labute approximate surface area is 117 Å². The van der Waals surface area contributed by atoms with E-state index in [0.717, 1.165) is 10.5 Å². The van der Waals surface area contributed by atoms with Crippen LogP contribution in [0.1, 0.15) is 0 Å². The van der Waals surface area contributed by atoms with Crippen LogP contribution in [-0.2, 0) is 0 Å². The lowest BCUT2D eigenvalue weighted by Gasteiger charge is -2.38. The molecule has 0 aliphatic carbocycles. The SMILES string of the molecule is C1CSC(SC2CSC2)(SC2CSC2)S1. The molecule has 0 aromatic heterocycles. The third-order valence-corrected chi connectivity index (χ3v) is 13.4. The molecule has 0 spiro atoms. The van der Waals surface area contributed by atoms with E-state index in [9.17, 15) is 0 Å². The van der Waals surface area contributed by atoms with Crippen LogP contribution in [0.4, 0.5) is 0 Å². The first-order valence-corrected chi connectivity index (χ1v) is 11.2. The van der Waals surface area contributed by atoms with Crippen molar-refractivity contribution in [3.63, 3.8) is 0 Å². The first kappa shape index (κ1) is 12.2. The molecule has 0 amide bonds.